The summed E-state index contributed by atoms with van der Waals surface area (Å²) in [6.07, 6.45) is 1.98. The Kier molecular flexibility index (Phi) is 6.57. The van der Waals surface area contributed by atoms with Gasteiger partial charge in [0.05, 0.1) is 36.4 Å². The van der Waals surface area contributed by atoms with Gasteiger partial charge in [0.25, 0.3) is 0 Å². The van der Waals surface area contributed by atoms with E-state index in [1.807, 2.05) is 43.5 Å². The van der Waals surface area contributed by atoms with Gasteiger partial charge in [-0.05, 0) is 71.7 Å². The third-order valence-corrected chi connectivity index (χ3v) is 8.15. The number of imidazole rings is 2. The number of morpholine rings is 1. The van der Waals surface area contributed by atoms with Crippen LogP contribution in [0.1, 0.15) is 45.3 Å². The van der Waals surface area contributed by atoms with E-state index in [2.05, 4.69) is 27.4 Å². The number of ether oxygens (including phenoxy) is 1. The van der Waals surface area contributed by atoms with Crippen molar-refractivity contribution in [3.05, 3.63) is 35.9 Å². The van der Waals surface area contributed by atoms with Crippen LogP contribution in [0.4, 0.5) is 5.82 Å². The van der Waals surface area contributed by atoms with Crippen LogP contribution in [0, 0.1) is 12.8 Å². The highest BCUT2D eigenvalue weighted by Gasteiger charge is 2.31. The molecular weight excluding hydrogens is 480 g/mol. The van der Waals surface area contributed by atoms with E-state index in [9.17, 15) is 5.11 Å². The van der Waals surface area contributed by atoms with Crippen molar-refractivity contribution in [2.24, 2.45) is 5.92 Å². The third kappa shape index (κ3) is 4.54. The summed E-state index contributed by atoms with van der Waals surface area (Å²) in [7, 11) is 0. The molecule has 10 nitrogen and oxygen atoms in total. The number of hydrogen-bond donors (Lipinski definition) is 1. The van der Waals surface area contributed by atoms with Gasteiger partial charge in [-0.15, -0.1) is 0 Å². The van der Waals surface area contributed by atoms with Gasteiger partial charge >= 0.3 is 0 Å². The van der Waals surface area contributed by atoms with Crippen LogP contribution in [0.3, 0.4) is 0 Å². The normalized spacial score (nSPS) is 18.2. The second-order valence-electron chi connectivity index (χ2n) is 11.1. The molecule has 10 heteroatoms. The maximum Gasteiger partial charge on any atom is 0.239 e. The molecule has 3 aromatic heterocycles. The molecule has 0 spiro atoms. The highest BCUT2D eigenvalue weighted by molar-refractivity contribution is 5.86. The van der Waals surface area contributed by atoms with Crippen LogP contribution in [0.15, 0.2) is 24.3 Å². The average Bonchev–Trinajstić information content (AvgIpc) is 3.44. The minimum absolute atomic E-state index is 0.332. The number of aliphatic hydroxyl groups is 1. The van der Waals surface area contributed by atoms with Crippen LogP contribution in [0.5, 0.6) is 0 Å². The molecule has 1 aromatic carbocycles. The minimum atomic E-state index is -0.628. The van der Waals surface area contributed by atoms with Gasteiger partial charge in [-0.25, -0.2) is 9.97 Å². The van der Waals surface area contributed by atoms with E-state index in [0.29, 0.717) is 25.1 Å². The molecule has 0 radical (unpaired) electrons. The number of para-hydroxylation sites is 2. The van der Waals surface area contributed by atoms with E-state index in [-0.39, 0.29) is 0 Å². The zero-order valence-electron chi connectivity index (χ0n) is 22.9. The summed E-state index contributed by atoms with van der Waals surface area (Å²) in [6.45, 7) is 14.3. The molecule has 0 aliphatic carbocycles. The van der Waals surface area contributed by atoms with Gasteiger partial charge in [-0.2, -0.15) is 9.97 Å². The molecule has 5 heterocycles. The predicted octanol–water partition coefficient (Wildman–Crippen LogP) is 3.31. The highest BCUT2D eigenvalue weighted by atomic mass is 16.5. The predicted molar refractivity (Wildman–Crippen MR) is 148 cm³/mol. The molecule has 1 N–H and O–H groups in total. The van der Waals surface area contributed by atoms with E-state index in [1.165, 1.54) is 0 Å². The zero-order valence-corrected chi connectivity index (χ0v) is 22.9. The van der Waals surface area contributed by atoms with Crippen LogP contribution in [0.2, 0.25) is 0 Å². The molecule has 2 aliphatic rings. The van der Waals surface area contributed by atoms with Crippen LogP contribution >= 0.6 is 0 Å². The Morgan fingerprint density at radius 2 is 1.74 bits per heavy atom. The molecule has 202 valence electrons. The molecular formula is C28H38N8O2. The van der Waals surface area contributed by atoms with Crippen molar-refractivity contribution in [2.45, 2.75) is 59.2 Å². The third-order valence-electron chi connectivity index (χ3n) is 8.15. The molecule has 2 saturated heterocycles. The molecule has 2 aliphatic heterocycles. The molecule has 0 atom stereocenters. The summed E-state index contributed by atoms with van der Waals surface area (Å²) in [4.78, 5) is 24.9. The number of anilines is 1. The fourth-order valence-corrected chi connectivity index (χ4v) is 5.97. The van der Waals surface area contributed by atoms with Crippen molar-refractivity contribution in [1.29, 1.82) is 0 Å². The number of aromatic nitrogens is 6. The van der Waals surface area contributed by atoms with Gasteiger partial charge in [0.2, 0.25) is 5.95 Å². The van der Waals surface area contributed by atoms with Crippen LogP contribution < -0.4 is 4.90 Å². The Labute approximate surface area is 223 Å². The number of likely N-dealkylation sites (tertiary alicyclic amines) is 1. The summed E-state index contributed by atoms with van der Waals surface area (Å²) in [5, 5.41) is 10.5. The Morgan fingerprint density at radius 1 is 1.00 bits per heavy atom. The number of piperidine rings is 1. The van der Waals surface area contributed by atoms with Crippen molar-refractivity contribution >= 4 is 28.0 Å². The zero-order chi connectivity index (χ0) is 26.4. The quantitative estimate of drug-likeness (QED) is 0.415. The smallest absolute Gasteiger partial charge is 0.239 e. The standard InChI is InChI=1S/C28H38N8O2/c1-5-35-23(18-33-12-10-20(11-13-33)28(3,4)37)30-24-25(34-14-16-38-17-15-34)31-27(32-26(24)35)36-19(2)29-21-8-6-7-9-22(21)36/h6-9,20,37H,5,10-18H2,1-4H3. The Balaban J connectivity index is 1.43. The number of fused-ring (bicyclic) bond motifs is 2. The van der Waals surface area contributed by atoms with Crippen LogP contribution in [0.25, 0.3) is 28.1 Å². The first kappa shape index (κ1) is 25.2. The molecule has 0 amide bonds. The largest absolute Gasteiger partial charge is 0.390 e. The van der Waals surface area contributed by atoms with Gasteiger partial charge in [-0.1, -0.05) is 12.1 Å². The lowest BCUT2D eigenvalue weighted by molar-refractivity contribution is -0.0140. The SMILES string of the molecule is CCn1c(CN2CCC(C(C)(C)O)CC2)nc2c(N3CCOCC3)nc(-n3c(C)nc4ccccc43)nc21. The van der Waals surface area contributed by atoms with E-state index in [4.69, 9.17) is 24.7 Å². The second-order valence-corrected chi connectivity index (χ2v) is 11.1. The van der Waals surface area contributed by atoms with Gasteiger partial charge in [-0.3, -0.25) is 9.47 Å². The first-order valence-electron chi connectivity index (χ1n) is 13.8. The van der Waals surface area contributed by atoms with Crippen LogP contribution in [-0.4, -0.2) is 84.1 Å². The summed E-state index contributed by atoms with van der Waals surface area (Å²) in [5.74, 6) is 3.68. The van der Waals surface area contributed by atoms with E-state index >= 15 is 0 Å². The number of rotatable bonds is 6. The van der Waals surface area contributed by atoms with E-state index in [1.54, 1.807) is 0 Å². The van der Waals surface area contributed by atoms with Crippen molar-refractivity contribution in [2.75, 3.05) is 44.3 Å². The monoisotopic (exact) mass is 518 g/mol. The summed E-state index contributed by atoms with van der Waals surface area (Å²) >= 11 is 0. The summed E-state index contributed by atoms with van der Waals surface area (Å²) in [6, 6.07) is 8.12. The maximum absolute atomic E-state index is 10.5. The first-order valence-corrected chi connectivity index (χ1v) is 13.8. The average molecular weight is 519 g/mol. The summed E-state index contributed by atoms with van der Waals surface area (Å²) in [5.41, 5.74) is 3.01. The fourth-order valence-electron chi connectivity index (χ4n) is 5.97. The Hall–Kier alpha value is -3.08. The number of hydrogen-bond acceptors (Lipinski definition) is 8. The van der Waals surface area contributed by atoms with Crippen molar-refractivity contribution in [3.63, 3.8) is 0 Å². The van der Waals surface area contributed by atoms with Gasteiger partial charge in [0.15, 0.2) is 17.0 Å². The molecule has 0 unspecified atom stereocenters. The van der Waals surface area contributed by atoms with E-state index in [0.717, 1.165) is 91.8 Å². The lowest BCUT2D eigenvalue weighted by Crippen LogP contribution is -2.41. The lowest BCUT2D eigenvalue weighted by atomic mass is 9.83. The highest BCUT2D eigenvalue weighted by Crippen LogP contribution is 2.31. The van der Waals surface area contributed by atoms with Crippen LogP contribution in [-0.2, 0) is 17.8 Å². The van der Waals surface area contributed by atoms with Gasteiger partial charge in [0, 0.05) is 19.6 Å². The lowest BCUT2D eigenvalue weighted by Gasteiger charge is -2.37. The topological polar surface area (TPSA) is 97.4 Å². The molecule has 0 bridgehead atoms. The van der Waals surface area contributed by atoms with Crippen molar-refractivity contribution < 1.29 is 9.84 Å². The molecule has 2 fully saturated rings. The summed E-state index contributed by atoms with van der Waals surface area (Å²) < 4.78 is 9.93. The van der Waals surface area contributed by atoms with Gasteiger partial charge < -0.3 is 19.3 Å². The molecule has 4 aromatic rings. The number of benzene rings is 1. The molecule has 38 heavy (non-hydrogen) atoms. The fraction of sp³-hybridized carbons (Fsp3) is 0.571. The first-order chi connectivity index (χ1) is 18.3. The molecule has 6 rings (SSSR count). The van der Waals surface area contributed by atoms with E-state index < -0.39 is 5.60 Å². The Bertz CT molecular complexity index is 1440. The number of aryl methyl sites for hydroxylation is 2. The minimum Gasteiger partial charge on any atom is -0.390 e. The van der Waals surface area contributed by atoms with Gasteiger partial charge in [0.1, 0.15) is 11.6 Å². The number of nitrogens with zero attached hydrogens (tertiary/aromatic N) is 8. The molecule has 0 saturated carbocycles. The van der Waals surface area contributed by atoms with Crippen molar-refractivity contribution in [3.8, 4) is 5.95 Å². The Morgan fingerprint density at radius 3 is 2.45 bits per heavy atom. The second kappa shape index (κ2) is 9.91. The van der Waals surface area contributed by atoms with Crippen molar-refractivity contribution in [1.82, 2.24) is 34.0 Å². The maximum atomic E-state index is 10.5.